The van der Waals surface area contributed by atoms with E-state index in [4.69, 9.17) is 53.1 Å². The third-order valence-corrected chi connectivity index (χ3v) is 13.2. The lowest BCUT2D eigenvalue weighted by Gasteiger charge is -2.50. The van der Waals surface area contributed by atoms with Gasteiger partial charge in [0, 0.05) is 11.6 Å². The van der Waals surface area contributed by atoms with E-state index < -0.39 is 141 Å². The standard InChI is InChI=1S/C48H63N3O18/c1-3-29-35(54)36(55)32(50-47(58)61-21-25-13-7-4-8-14-25)44(63-29)68-40-30(20-52)64-46(38(40)57)69-42-34(53)28(49)19-24(2)39(42)66-45-33(51-48(59)62-22-26-15-9-5-10-16-26)37(56)41-31(65-45)23-60-43(67-41)27-17-11-6-12-18-27/h4-18,24,28-46,52-57H,3,19-23,49H2,1-2H3,(H,50,58)(H,51,59)/t24-,28+,29-,30+,31+,32+,33+,34-,35+,36+,37+,38+,39+,40+,41+,42+,43?,44+,45+,46-/m0/s1. The summed E-state index contributed by atoms with van der Waals surface area (Å²) in [6.45, 7) is 2.57. The molecule has 1 aliphatic carbocycles. The number of hydrogen-bond acceptors (Lipinski definition) is 19. The zero-order valence-corrected chi connectivity index (χ0v) is 38.1. The van der Waals surface area contributed by atoms with Crippen molar-refractivity contribution >= 4 is 12.2 Å². The van der Waals surface area contributed by atoms with Crippen molar-refractivity contribution in [1.29, 1.82) is 0 Å². The quantitative estimate of drug-likeness (QED) is 0.101. The Labute approximate surface area is 398 Å². The lowest BCUT2D eigenvalue weighted by molar-refractivity contribution is -0.359. The molecule has 2 amide bonds. The maximum absolute atomic E-state index is 13.4. The second kappa shape index (κ2) is 23.2. The first-order chi connectivity index (χ1) is 33.3. The van der Waals surface area contributed by atoms with Crippen LogP contribution in [0.3, 0.4) is 0 Å². The maximum atomic E-state index is 13.4. The van der Waals surface area contributed by atoms with Gasteiger partial charge in [0.2, 0.25) is 0 Å². The second-order valence-corrected chi connectivity index (χ2v) is 18.0. The molecule has 20 atom stereocenters. The van der Waals surface area contributed by atoms with Gasteiger partial charge in [0.05, 0.1) is 31.5 Å². The molecule has 4 heterocycles. The molecular weight excluding hydrogens is 907 g/mol. The predicted octanol–water partition coefficient (Wildman–Crippen LogP) is 0.595. The number of carbonyl (C=O) groups excluding carboxylic acids is 2. The third-order valence-electron chi connectivity index (χ3n) is 13.2. The van der Waals surface area contributed by atoms with Crippen molar-refractivity contribution in [3.05, 3.63) is 108 Å². The summed E-state index contributed by atoms with van der Waals surface area (Å²) in [6, 6.07) is 23.4. The lowest BCUT2D eigenvalue weighted by atomic mass is 9.80. The van der Waals surface area contributed by atoms with Gasteiger partial charge in [-0.05, 0) is 29.9 Å². The van der Waals surface area contributed by atoms with Crippen molar-refractivity contribution in [3.8, 4) is 0 Å². The van der Waals surface area contributed by atoms with Crippen molar-refractivity contribution < 1.29 is 87.6 Å². The van der Waals surface area contributed by atoms with Gasteiger partial charge < -0.3 is 94.4 Å². The highest BCUT2D eigenvalue weighted by Gasteiger charge is 2.56. The molecule has 3 aromatic carbocycles. The van der Waals surface area contributed by atoms with E-state index in [1.54, 1.807) is 68.4 Å². The van der Waals surface area contributed by atoms with Crippen LogP contribution in [0, 0.1) is 5.92 Å². The molecule has 21 heteroatoms. The van der Waals surface area contributed by atoms with E-state index in [0.29, 0.717) is 11.1 Å². The number of nitrogens with one attached hydrogen (secondary N) is 2. The van der Waals surface area contributed by atoms with Gasteiger partial charge in [-0.2, -0.15) is 0 Å². The van der Waals surface area contributed by atoms with E-state index in [1.807, 2.05) is 36.4 Å². The molecular formula is C48H63N3O18. The predicted molar refractivity (Wildman–Crippen MR) is 237 cm³/mol. The second-order valence-electron chi connectivity index (χ2n) is 18.0. The van der Waals surface area contributed by atoms with Crippen LogP contribution in [-0.4, -0.2) is 166 Å². The molecule has 21 nitrogen and oxygen atoms in total. The lowest BCUT2D eigenvalue weighted by Crippen LogP contribution is -2.68. The molecule has 1 unspecified atom stereocenters. The summed E-state index contributed by atoms with van der Waals surface area (Å²) in [7, 11) is 0. The van der Waals surface area contributed by atoms with Crippen molar-refractivity contribution in [2.45, 2.75) is 156 Å². The van der Waals surface area contributed by atoms with E-state index >= 15 is 0 Å². The van der Waals surface area contributed by atoms with Gasteiger partial charge in [-0.25, -0.2) is 9.59 Å². The minimum Gasteiger partial charge on any atom is -0.445 e. The number of benzene rings is 3. The topological polar surface area (TPSA) is 298 Å². The van der Waals surface area contributed by atoms with Crippen molar-refractivity contribution in [1.82, 2.24) is 10.6 Å². The Kier molecular flexibility index (Phi) is 17.2. The summed E-state index contributed by atoms with van der Waals surface area (Å²) in [6.07, 6.45) is -22.5. The SMILES string of the molecule is CC[C@@H]1O[C@H](O[C@H]2[C@@H](O)[C@H](O[C@@H]3[C@@H](O)[C@H](N)C[C@H](C)[C@H]3O[C@H]3O[C@@H]4COC(c5ccccc5)O[C@H]4[C@H](O)[C@H]3NC(=O)OCc3ccccc3)O[C@@H]2CO)[C@H](NC(=O)OCc2ccccc2)[C@@H](O)[C@@H]1O. The van der Waals surface area contributed by atoms with Gasteiger partial charge in [-0.1, -0.05) is 105 Å². The monoisotopic (exact) mass is 969 g/mol. The summed E-state index contributed by atoms with van der Waals surface area (Å²) in [5.41, 5.74) is 8.55. The van der Waals surface area contributed by atoms with Crippen LogP contribution in [0.2, 0.25) is 0 Å². The molecule has 0 aromatic heterocycles. The van der Waals surface area contributed by atoms with Crippen molar-refractivity contribution in [2.24, 2.45) is 11.7 Å². The fourth-order valence-electron chi connectivity index (χ4n) is 9.41. The Morgan fingerprint density at radius 3 is 1.77 bits per heavy atom. The molecule has 0 spiro atoms. The van der Waals surface area contributed by atoms with Gasteiger partial charge in [-0.3, -0.25) is 0 Å². The Bertz CT molecular complexity index is 2080. The fourth-order valence-corrected chi connectivity index (χ4v) is 9.41. The number of hydrogen-bond donors (Lipinski definition) is 9. The molecule has 10 N–H and O–H groups in total. The Balaban J connectivity index is 0.988. The number of carbonyl (C=O) groups is 2. The third kappa shape index (κ3) is 11.9. The molecule has 8 rings (SSSR count). The Morgan fingerprint density at radius 1 is 0.638 bits per heavy atom. The van der Waals surface area contributed by atoms with Crippen LogP contribution >= 0.6 is 0 Å². The maximum Gasteiger partial charge on any atom is 0.407 e. The van der Waals surface area contributed by atoms with Crippen LogP contribution in [0.15, 0.2) is 91.0 Å². The largest absolute Gasteiger partial charge is 0.445 e. The number of fused-ring (bicyclic) bond motifs is 1. The average Bonchev–Trinajstić information content (AvgIpc) is 3.66. The normalized spacial score (nSPS) is 38.9. The van der Waals surface area contributed by atoms with Gasteiger partial charge >= 0.3 is 12.2 Å². The number of rotatable bonds is 15. The Hall–Kier alpha value is -4.40. The Morgan fingerprint density at radius 2 is 1.17 bits per heavy atom. The minimum atomic E-state index is -1.71. The van der Waals surface area contributed by atoms with E-state index in [2.05, 4.69) is 10.6 Å². The van der Waals surface area contributed by atoms with Gasteiger partial charge in [0.15, 0.2) is 25.2 Å². The van der Waals surface area contributed by atoms with Crippen LogP contribution in [0.5, 0.6) is 0 Å². The molecule has 69 heavy (non-hydrogen) atoms. The molecule has 5 aliphatic rings. The van der Waals surface area contributed by atoms with E-state index in [0.717, 1.165) is 5.56 Å². The zero-order valence-electron chi connectivity index (χ0n) is 38.1. The van der Waals surface area contributed by atoms with E-state index in [-0.39, 0.29) is 32.7 Å². The summed E-state index contributed by atoms with van der Waals surface area (Å²) < 4.78 is 60.8. The molecule has 5 fully saturated rings. The first-order valence-corrected chi connectivity index (χ1v) is 23.3. The first-order valence-electron chi connectivity index (χ1n) is 23.3. The highest BCUT2D eigenvalue weighted by Crippen LogP contribution is 2.39. The van der Waals surface area contributed by atoms with Crippen molar-refractivity contribution in [2.75, 3.05) is 13.2 Å². The number of amides is 2. The minimum absolute atomic E-state index is 0.0308. The van der Waals surface area contributed by atoms with Crippen LogP contribution in [0.4, 0.5) is 9.59 Å². The van der Waals surface area contributed by atoms with Crippen molar-refractivity contribution in [3.63, 3.8) is 0 Å². The van der Waals surface area contributed by atoms with Gasteiger partial charge in [0.25, 0.3) is 0 Å². The molecule has 378 valence electrons. The van der Waals surface area contributed by atoms with Gasteiger partial charge in [-0.15, -0.1) is 0 Å². The zero-order chi connectivity index (χ0) is 48.8. The summed E-state index contributed by atoms with van der Waals surface area (Å²) >= 11 is 0. The average molecular weight is 970 g/mol. The van der Waals surface area contributed by atoms with E-state index in [9.17, 15) is 40.2 Å². The van der Waals surface area contributed by atoms with Gasteiger partial charge in [0.1, 0.15) is 80.2 Å². The summed E-state index contributed by atoms with van der Waals surface area (Å²) in [5.74, 6) is -0.485. The highest BCUT2D eigenvalue weighted by molar-refractivity contribution is 5.68. The highest BCUT2D eigenvalue weighted by atomic mass is 16.8. The molecule has 0 bridgehead atoms. The van der Waals surface area contributed by atoms with Crippen LogP contribution < -0.4 is 16.4 Å². The first kappa shape index (κ1) is 51.0. The molecule has 3 aromatic rings. The number of alkyl carbamates (subject to hydrolysis) is 2. The molecule has 4 aliphatic heterocycles. The molecule has 0 radical (unpaired) electrons. The number of ether oxygens (including phenoxy) is 10. The number of nitrogens with two attached hydrogens (primary N) is 1. The smallest absolute Gasteiger partial charge is 0.407 e. The van der Waals surface area contributed by atoms with Crippen LogP contribution in [0.25, 0.3) is 0 Å². The summed E-state index contributed by atoms with van der Waals surface area (Å²) in [5, 5.41) is 73.3. The number of aliphatic hydroxyl groups excluding tert-OH is 6. The number of aliphatic hydroxyl groups is 6. The van der Waals surface area contributed by atoms with Crippen LogP contribution in [0.1, 0.15) is 49.7 Å². The fraction of sp³-hybridized carbons (Fsp3) is 0.583. The van der Waals surface area contributed by atoms with E-state index in [1.165, 1.54) is 0 Å². The molecule has 4 saturated heterocycles. The summed E-state index contributed by atoms with van der Waals surface area (Å²) in [4.78, 5) is 26.4. The van der Waals surface area contributed by atoms with Crippen LogP contribution in [-0.2, 0) is 60.6 Å². The molecule has 1 saturated carbocycles.